The second-order valence-electron chi connectivity index (χ2n) is 5.25. The average Bonchev–Trinajstić information content (AvgIpc) is 2.47. The Morgan fingerprint density at radius 1 is 1.25 bits per heavy atom. The molecule has 1 saturated heterocycles. The van der Waals surface area contributed by atoms with Gasteiger partial charge in [-0.15, -0.1) is 6.58 Å². The number of carbonyl (C=O) groups excluding carboxylic acids is 1. The van der Waals surface area contributed by atoms with Crippen LogP contribution in [0.2, 0.25) is 0 Å². The molecule has 20 heavy (non-hydrogen) atoms. The molecule has 0 saturated carbocycles. The molecule has 1 aromatic rings. The van der Waals surface area contributed by atoms with Crippen molar-refractivity contribution in [3.05, 3.63) is 54.6 Å². The molecule has 106 valence electrons. The molecule has 0 amide bonds. The molecular formula is C18H22O2. The number of hydrogen-bond acceptors (Lipinski definition) is 2. The molecule has 2 atom stereocenters. The highest BCUT2D eigenvalue weighted by molar-refractivity contribution is 5.73. The van der Waals surface area contributed by atoms with Crippen molar-refractivity contribution in [2.45, 2.75) is 38.2 Å². The molecule has 0 unspecified atom stereocenters. The molecule has 0 N–H and O–H groups in total. The van der Waals surface area contributed by atoms with Crippen molar-refractivity contribution in [1.82, 2.24) is 0 Å². The number of carbonyl (C=O) groups is 1. The molecule has 1 heterocycles. The monoisotopic (exact) mass is 270 g/mol. The van der Waals surface area contributed by atoms with E-state index in [1.165, 1.54) is 5.56 Å². The Morgan fingerprint density at radius 2 is 2.05 bits per heavy atom. The fraction of sp³-hybridized carbons (Fsp3) is 0.389. The number of benzene rings is 1. The number of allylic oxidation sites excluding steroid dienone is 1. The first-order valence-corrected chi connectivity index (χ1v) is 7.32. The summed E-state index contributed by atoms with van der Waals surface area (Å²) in [5.41, 5.74) is 1.18. The molecule has 0 aliphatic carbocycles. The van der Waals surface area contributed by atoms with Crippen molar-refractivity contribution >= 4 is 12.0 Å². The third kappa shape index (κ3) is 4.37. The molecule has 2 nitrogen and oxygen atoms in total. The molecule has 0 radical (unpaired) electrons. The standard InChI is InChI=1S/C18H22O2/c1-2-3-11-16-13-14-17(20-18(16)19)12-7-10-15-8-5-4-6-9-15/h2,4-10,16-17H,1,3,11-14H2/b10-7+/t16-,17+/m0/s1. The van der Waals surface area contributed by atoms with E-state index >= 15 is 0 Å². The van der Waals surface area contributed by atoms with E-state index in [0.717, 1.165) is 32.1 Å². The minimum atomic E-state index is -0.0313. The zero-order valence-corrected chi connectivity index (χ0v) is 11.8. The first-order valence-electron chi connectivity index (χ1n) is 7.32. The summed E-state index contributed by atoms with van der Waals surface area (Å²) in [6.07, 6.45) is 10.5. The quantitative estimate of drug-likeness (QED) is 0.566. The van der Waals surface area contributed by atoms with Gasteiger partial charge in [0.2, 0.25) is 0 Å². The summed E-state index contributed by atoms with van der Waals surface area (Å²) in [5, 5.41) is 0. The fourth-order valence-corrected chi connectivity index (χ4v) is 2.49. The van der Waals surface area contributed by atoms with Crippen LogP contribution in [0.3, 0.4) is 0 Å². The largest absolute Gasteiger partial charge is 0.462 e. The SMILES string of the molecule is C=CCC[C@H]1CC[C@@H](C/C=C/c2ccccc2)OC1=O. The second kappa shape index (κ2) is 7.68. The van der Waals surface area contributed by atoms with Crippen LogP contribution in [-0.2, 0) is 9.53 Å². The van der Waals surface area contributed by atoms with Crippen LogP contribution in [-0.4, -0.2) is 12.1 Å². The molecule has 2 rings (SSSR count). The Hall–Kier alpha value is -1.83. The van der Waals surface area contributed by atoms with Crippen LogP contribution in [0.5, 0.6) is 0 Å². The van der Waals surface area contributed by atoms with E-state index in [-0.39, 0.29) is 18.0 Å². The predicted molar refractivity (Wildman–Crippen MR) is 82.1 cm³/mol. The van der Waals surface area contributed by atoms with Crippen molar-refractivity contribution in [1.29, 1.82) is 0 Å². The maximum Gasteiger partial charge on any atom is 0.309 e. The first kappa shape index (κ1) is 14.6. The van der Waals surface area contributed by atoms with Gasteiger partial charge in [-0.25, -0.2) is 0 Å². The lowest BCUT2D eigenvalue weighted by molar-refractivity contribution is -0.160. The van der Waals surface area contributed by atoms with Crippen LogP contribution < -0.4 is 0 Å². The van der Waals surface area contributed by atoms with Crippen molar-refractivity contribution < 1.29 is 9.53 Å². The van der Waals surface area contributed by atoms with E-state index in [1.807, 2.05) is 24.3 Å². The maximum absolute atomic E-state index is 11.9. The van der Waals surface area contributed by atoms with Gasteiger partial charge >= 0.3 is 5.97 Å². The highest BCUT2D eigenvalue weighted by Gasteiger charge is 2.28. The molecule has 1 fully saturated rings. The van der Waals surface area contributed by atoms with E-state index in [0.29, 0.717) is 0 Å². The van der Waals surface area contributed by atoms with Gasteiger partial charge < -0.3 is 4.74 Å². The Morgan fingerprint density at radius 3 is 2.75 bits per heavy atom. The summed E-state index contributed by atoms with van der Waals surface area (Å²) in [4.78, 5) is 11.9. The molecule has 0 spiro atoms. The van der Waals surface area contributed by atoms with Gasteiger partial charge in [0.25, 0.3) is 0 Å². The summed E-state index contributed by atoms with van der Waals surface area (Å²) in [6.45, 7) is 3.69. The Bertz CT molecular complexity index is 462. The zero-order valence-electron chi connectivity index (χ0n) is 11.8. The molecule has 0 bridgehead atoms. The van der Waals surface area contributed by atoms with Gasteiger partial charge in [-0.2, -0.15) is 0 Å². The summed E-state index contributed by atoms with van der Waals surface area (Å²) in [7, 11) is 0. The van der Waals surface area contributed by atoms with E-state index in [2.05, 4.69) is 30.9 Å². The van der Waals surface area contributed by atoms with Crippen LogP contribution in [0.15, 0.2) is 49.1 Å². The Kier molecular flexibility index (Phi) is 5.60. The van der Waals surface area contributed by atoms with Gasteiger partial charge in [-0.1, -0.05) is 48.6 Å². The molecule has 1 aliphatic heterocycles. The average molecular weight is 270 g/mol. The van der Waals surface area contributed by atoms with Crippen molar-refractivity contribution in [2.75, 3.05) is 0 Å². The number of cyclic esters (lactones) is 1. The topological polar surface area (TPSA) is 26.3 Å². The molecule has 1 aromatic carbocycles. The van der Waals surface area contributed by atoms with Gasteiger partial charge in [-0.05, 0) is 31.2 Å². The normalized spacial score (nSPS) is 22.7. The van der Waals surface area contributed by atoms with Gasteiger partial charge in [0.05, 0.1) is 5.92 Å². The second-order valence-corrected chi connectivity index (χ2v) is 5.25. The number of esters is 1. The van der Waals surface area contributed by atoms with Crippen LogP contribution in [0.1, 0.15) is 37.7 Å². The highest BCUT2D eigenvalue weighted by Crippen LogP contribution is 2.26. The molecule has 2 heteroatoms. The lowest BCUT2D eigenvalue weighted by Gasteiger charge is -2.27. The van der Waals surface area contributed by atoms with Crippen molar-refractivity contribution in [3.8, 4) is 0 Å². The summed E-state index contributed by atoms with van der Waals surface area (Å²) in [5.74, 6) is 0.0403. The minimum absolute atomic E-state index is 0.0313. The van der Waals surface area contributed by atoms with Crippen LogP contribution in [0.25, 0.3) is 6.08 Å². The van der Waals surface area contributed by atoms with E-state index in [1.54, 1.807) is 0 Å². The Balaban J connectivity index is 1.77. The number of rotatable bonds is 6. The highest BCUT2D eigenvalue weighted by atomic mass is 16.5. The van der Waals surface area contributed by atoms with Gasteiger partial charge in [0.1, 0.15) is 6.10 Å². The third-order valence-corrected chi connectivity index (χ3v) is 3.68. The van der Waals surface area contributed by atoms with Gasteiger partial charge in [0, 0.05) is 6.42 Å². The Labute approximate surface area is 121 Å². The van der Waals surface area contributed by atoms with Crippen LogP contribution >= 0.6 is 0 Å². The van der Waals surface area contributed by atoms with Gasteiger partial charge in [-0.3, -0.25) is 4.79 Å². The van der Waals surface area contributed by atoms with E-state index < -0.39 is 0 Å². The van der Waals surface area contributed by atoms with Gasteiger partial charge in [0.15, 0.2) is 0 Å². The lowest BCUT2D eigenvalue weighted by atomic mass is 9.92. The van der Waals surface area contributed by atoms with E-state index in [9.17, 15) is 4.79 Å². The molecule has 1 aliphatic rings. The van der Waals surface area contributed by atoms with Crippen LogP contribution in [0, 0.1) is 5.92 Å². The van der Waals surface area contributed by atoms with Crippen LogP contribution in [0.4, 0.5) is 0 Å². The first-order chi connectivity index (χ1) is 9.79. The number of ether oxygens (including phenoxy) is 1. The fourth-order valence-electron chi connectivity index (χ4n) is 2.49. The smallest absolute Gasteiger partial charge is 0.309 e. The summed E-state index contributed by atoms with van der Waals surface area (Å²) < 4.78 is 5.51. The number of hydrogen-bond donors (Lipinski definition) is 0. The predicted octanol–water partition coefficient (Wildman–Crippen LogP) is 4.38. The summed E-state index contributed by atoms with van der Waals surface area (Å²) >= 11 is 0. The molecule has 0 aromatic heterocycles. The molecular weight excluding hydrogens is 248 g/mol. The third-order valence-electron chi connectivity index (χ3n) is 3.68. The lowest BCUT2D eigenvalue weighted by Crippen LogP contribution is -2.30. The maximum atomic E-state index is 11.9. The van der Waals surface area contributed by atoms with Crippen molar-refractivity contribution in [3.63, 3.8) is 0 Å². The zero-order chi connectivity index (χ0) is 14.2. The summed E-state index contributed by atoms with van der Waals surface area (Å²) in [6, 6.07) is 10.2. The van der Waals surface area contributed by atoms with E-state index in [4.69, 9.17) is 4.74 Å². The van der Waals surface area contributed by atoms with Crippen molar-refractivity contribution in [2.24, 2.45) is 5.92 Å². The minimum Gasteiger partial charge on any atom is -0.462 e.